The van der Waals surface area contributed by atoms with Crippen molar-refractivity contribution >= 4 is 28.8 Å². The van der Waals surface area contributed by atoms with Gasteiger partial charge >= 0.3 is 0 Å². The van der Waals surface area contributed by atoms with E-state index in [0.29, 0.717) is 16.5 Å². The molecule has 0 amide bonds. The Morgan fingerprint density at radius 3 is 2.72 bits per heavy atom. The van der Waals surface area contributed by atoms with Crippen molar-refractivity contribution in [3.05, 3.63) is 46.8 Å². The number of para-hydroxylation sites is 1. The van der Waals surface area contributed by atoms with Gasteiger partial charge in [0.25, 0.3) is 0 Å². The van der Waals surface area contributed by atoms with Gasteiger partial charge in [0.15, 0.2) is 5.82 Å². The molecule has 0 radical (unpaired) electrons. The molecule has 2 aromatic heterocycles. The summed E-state index contributed by atoms with van der Waals surface area (Å²) in [5.41, 5.74) is 7.50. The first kappa shape index (κ1) is 11.3. The molecule has 4 nitrogen and oxygen atoms in total. The van der Waals surface area contributed by atoms with Gasteiger partial charge in [0.2, 0.25) is 0 Å². The highest BCUT2D eigenvalue weighted by Gasteiger charge is 2.14. The number of nitrogens with zero attached hydrogens (tertiary/aromatic N) is 3. The minimum atomic E-state index is 0.491. The molecule has 0 atom stereocenters. The van der Waals surface area contributed by atoms with E-state index < -0.39 is 0 Å². The Balaban J connectivity index is 2.14. The van der Waals surface area contributed by atoms with Gasteiger partial charge in [-0.2, -0.15) is 4.68 Å². The third-order valence-electron chi connectivity index (χ3n) is 2.54. The number of nitrogen functional groups attached to an aromatic ring is 1. The van der Waals surface area contributed by atoms with Crippen LogP contribution in [0.5, 0.6) is 0 Å². The third kappa shape index (κ3) is 1.77. The van der Waals surface area contributed by atoms with Gasteiger partial charge in [0.05, 0.1) is 15.6 Å². The second kappa shape index (κ2) is 4.44. The summed E-state index contributed by atoms with van der Waals surface area (Å²) in [6.07, 6.45) is 0. The van der Waals surface area contributed by atoms with Gasteiger partial charge in [-0.15, -0.1) is 16.4 Å². The van der Waals surface area contributed by atoms with Crippen molar-refractivity contribution in [3.63, 3.8) is 0 Å². The van der Waals surface area contributed by atoms with Crippen molar-refractivity contribution < 1.29 is 0 Å². The molecule has 3 aromatic rings. The van der Waals surface area contributed by atoms with Crippen molar-refractivity contribution in [2.24, 2.45) is 0 Å². The average molecular weight is 277 g/mol. The Kier molecular flexibility index (Phi) is 2.77. The molecule has 0 spiro atoms. The van der Waals surface area contributed by atoms with Crippen LogP contribution >= 0.6 is 22.9 Å². The molecular formula is C12H9ClN4S. The average Bonchev–Trinajstić information content (AvgIpc) is 2.99. The van der Waals surface area contributed by atoms with Crippen molar-refractivity contribution in [3.8, 4) is 16.3 Å². The van der Waals surface area contributed by atoms with E-state index in [2.05, 4.69) is 10.3 Å². The molecule has 0 aliphatic heterocycles. The molecule has 0 fully saturated rings. The first-order valence-corrected chi connectivity index (χ1v) is 6.53. The number of rotatable bonds is 2. The fraction of sp³-hybridized carbons (Fsp3) is 0. The van der Waals surface area contributed by atoms with Gasteiger partial charge in [0, 0.05) is 0 Å². The Morgan fingerprint density at radius 1 is 1.17 bits per heavy atom. The molecule has 0 aliphatic rings. The monoisotopic (exact) mass is 276 g/mol. The Hall–Kier alpha value is -1.85. The van der Waals surface area contributed by atoms with E-state index in [0.717, 1.165) is 10.6 Å². The molecule has 3 rings (SSSR count). The van der Waals surface area contributed by atoms with Crippen LogP contribution in [0.25, 0.3) is 16.3 Å². The van der Waals surface area contributed by atoms with Crippen LogP contribution in [0.2, 0.25) is 5.02 Å². The molecule has 0 bridgehead atoms. The van der Waals surface area contributed by atoms with E-state index in [1.165, 1.54) is 0 Å². The normalized spacial score (nSPS) is 10.7. The van der Waals surface area contributed by atoms with E-state index in [1.807, 2.05) is 35.7 Å². The van der Waals surface area contributed by atoms with Crippen molar-refractivity contribution in [1.82, 2.24) is 15.0 Å². The lowest BCUT2D eigenvalue weighted by Crippen LogP contribution is -2.02. The highest BCUT2D eigenvalue weighted by atomic mass is 35.5. The number of aromatic nitrogens is 3. The summed E-state index contributed by atoms with van der Waals surface area (Å²) in [7, 11) is 0. The lowest BCUT2D eigenvalue weighted by Gasteiger charge is -2.04. The molecule has 18 heavy (non-hydrogen) atoms. The van der Waals surface area contributed by atoms with Crippen molar-refractivity contribution in [2.75, 3.05) is 5.73 Å². The van der Waals surface area contributed by atoms with E-state index >= 15 is 0 Å². The highest BCUT2D eigenvalue weighted by Crippen LogP contribution is 2.30. The Morgan fingerprint density at radius 2 is 2.00 bits per heavy atom. The third-order valence-corrected chi connectivity index (χ3v) is 3.74. The quantitative estimate of drug-likeness (QED) is 0.782. The topological polar surface area (TPSA) is 56.7 Å². The molecule has 2 heterocycles. The summed E-state index contributed by atoms with van der Waals surface area (Å²) >= 11 is 7.70. The largest absolute Gasteiger partial charge is 0.382 e. The summed E-state index contributed by atoms with van der Waals surface area (Å²) in [5.74, 6) is 0.491. The van der Waals surface area contributed by atoms with E-state index in [-0.39, 0.29) is 0 Å². The Labute approximate surface area is 113 Å². The smallest absolute Gasteiger partial charge is 0.156 e. The summed E-state index contributed by atoms with van der Waals surface area (Å²) < 4.78 is 1.55. The van der Waals surface area contributed by atoms with Gasteiger partial charge < -0.3 is 5.73 Å². The summed E-state index contributed by atoms with van der Waals surface area (Å²) in [6, 6.07) is 11.3. The highest BCUT2D eigenvalue weighted by molar-refractivity contribution is 7.13. The zero-order chi connectivity index (χ0) is 12.5. The SMILES string of the molecule is Nc1c(-c2cccs2)nnn1-c1ccccc1Cl. The lowest BCUT2D eigenvalue weighted by atomic mass is 10.3. The first-order valence-electron chi connectivity index (χ1n) is 5.27. The van der Waals surface area contributed by atoms with E-state index in [1.54, 1.807) is 22.1 Å². The Bertz CT molecular complexity index is 675. The molecule has 6 heteroatoms. The number of hydrogen-bond acceptors (Lipinski definition) is 4. The van der Waals surface area contributed by atoms with Crippen LogP contribution in [0, 0.1) is 0 Å². The van der Waals surface area contributed by atoms with Crippen molar-refractivity contribution in [1.29, 1.82) is 0 Å². The second-order valence-corrected chi connectivity index (χ2v) is 5.02. The molecule has 0 unspecified atom stereocenters. The lowest BCUT2D eigenvalue weighted by molar-refractivity contribution is 0.811. The second-order valence-electron chi connectivity index (χ2n) is 3.66. The molecule has 0 aliphatic carbocycles. The predicted octanol–water partition coefficient (Wildman–Crippen LogP) is 3.23. The zero-order valence-corrected chi connectivity index (χ0v) is 10.8. The number of halogens is 1. The van der Waals surface area contributed by atoms with Crippen LogP contribution in [0.4, 0.5) is 5.82 Å². The molecule has 2 N–H and O–H groups in total. The zero-order valence-electron chi connectivity index (χ0n) is 9.25. The van der Waals surface area contributed by atoms with Gasteiger partial charge in [-0.25, -0.2) is 0 Å². The number of nitrogens with two attached hydrogens (primary N) is 1. The van der Waals surface area contributed by atoms with E-state index in [4.69, 9.17) is 17.3 Å². The summed E-state index contributed by atoms with van der Waals surface area (Å²) in [6.45, 7) is 0. The minimum absolute atomic E-state index is 0.491. The summed E-state index contributed by atoms with van der Waals surface area (Å²) in [5, 5.41) is 10.7. The fourth-order valence-electron chi connectivity index (χ4n) is 1.68. The van der Waals surface area contributed by atoms with E-state index in [9.17, 15) is 0 Å². The van der Waals surface area contributed by atoms with Gasteiger partial charge in [-0.3, -0.25) is 0 Å². The molecular weight excluding hydrogens is 268 g/mol. The minimum Gasteiger partial charge on any atom is -0.382 e. The van der Waals surface area contributed by atoms with Crippen molar-refractivity contribution in [2.45, 2.75) is 0 Å². The number of hydrogen-bond donors (Lipinski definition) is 1. The number of thiophene rings is 1. The number of benzene rings is 1. The first-order chi connectivity index (χ1) is 8.77. The molecule has 0 saturated carbocycles. The van der Waals surface area contributed by atoms with Gasteiger partial charge in [-0.1, -0.05) is 35.0 Å². The molecule has 1 aromatic carbocycles. The molecule has 90 valence electrons. The summed E-state index contributed by atoms with van der Waals surface area (Å²) in [4.78, 5) is 0.991. The van der Waals surface area contributed by atoms with Crippen LogP contribution in [-0.4, -0.2) is 15.0 Å². The maximum absolute atomic E-state index is 6.12. The maximum Gasteiger partial charge on any atom is 0.156 e. The van der Waals surface area contributed by atoms with Gasteiger partial charge in [-0.05, 0) is 23.6 Å². The van der Waals surface area contributed by atoms with Crippen LogP contribution in [-0.2, 0) is 0 Å². The number of anilines is 1. The van der Waals surface area contributed by atoms with Crippen LogP contribution in [0.1, 0.15) is 0 Å². The van der Waals surface area contributed by atoms with Crippen LogP contribution < -0.4 is 5.73 Å². The fourth-order valence-corrected chi connectivity index (χ4v) is 2.61. The molecule has 0 saturated heterocycles. The maximum atomic E-state index is 6.12. The van der Waals surface area contributed by atoms with Crippen LogP contribution in [0.3, 0.4) is 0 Å². The van der Waals surface area contributed by atoms with Gasteiger partial charge in [0.1, 0.15) is 5.69 Å². The van der Waals surface area contributed by atoms with Crippen LogP contribution in [0.15, 0.2) is 41.8 Å². The predicted molar refractivity (Wildman–Crippen MR) is 74.1 cm³/mol. The standard InChI is InChI=1S/C12H9ClN4S/c13-8-4-1-2-5-9(8)17-12(14)11(15-16-17)10-6-3-7-18-10/h1-7H,14H2.